The first-order chi connectivity index (χ1) is 13.4. The standard InChI is InChI=1S/C19H20ClF2N5O/c1-12-17(13(2)27(25-12)11-14-5-3-4-6-15(14)20)18(28)24-8-7-16-23-9-10-26(16)19(21)22/h3-6,9-10,19H,7-8,11H2,1-2H3,(H,24,28). The number of rotatable bonds is 7. The zero-order valence-corrected chi connectivity index (χ0v) is 16.2. The number of halogens is 3. The number of alkyl halides is 2. The van der Waals surface area contributed by atoms with Crippen molar-refractivity contribution in [2.45, 2.75) is 33.4 Å². The first-order valence-corrected chi connectivity index (χ1v) is 9.11. The molecule has 1 aromatic carbocycles. The molecule has 0 atom stereocenters. The van der Waals surface area contributed by atoms with E-state index >= 15 is 0 Å². The second-order valence-electron chi connectivity index (χ2n) is 6.33. The van der Waals surface area contributed by atoms with Crippen molar-refractivity contribution >= 4 is 17.5 Å². The molecule has 3 aromatic rings. The molecule has 28 heavy (non-hydrogen) atoms. The van der Waals surface area contributed by atoms with Crippen LogP contribution in [0.5, 0.6) is 0 Å². The predicted molar refractivity (Wildman–Crippen MR) is 102 cm³/mol. The molecule has 0 unspecified atom stereocenters. The zero-order chi connectivity index (χ0) is 20.3. The van der Waals surface area contributed by atoms with Crippen molar-refractivity contribution in [3.8, 4) is 0 Å². The average molecular weight is 408 g/mol. The lowest BCUT2D eigenvalue weighted by molar-refractivity contribution is 0.0670. The fraction of sp³-hybridized carbons (Fsp3) is 0.316. The van der Waals surface area contributed by atoms with Crippen molar-refractivity contribution in [3.63, 3.8) is 0 Å². The number of carbonyl (C=O) groups excluding carboxylic acids is 1. The van der Waals surface area contributed by atoms with Crippen LogP contribution in [-0.2, 0) is 13.0 Å². The summed E-state index contributed by atoms with van der Waals surface area (Å²) in [5.74, 6) is -0.0753. The Kier molecular flexibility index (Phi) is 6.08. The number of hydrogen-bond donors (Lipinski definition) is 1. The van der Waals surface area contributed by atoms with Gasteiger partial charge in [0, 0.05) is 36.1 Å². The normalized spacial score (nSPS) is 11.2. The molecular formula is C19H20ClF2N5O. The summed E-state index contributed by atoms with van der Waals surface area (Å²) in [5, 5.41) is 7.84. The third-order valence-electron chi connectivity index (χ3n) is 4.48. The van der Waals surface area contributed by atoms with Crippen LogP contribution in [0.4, 0.5) is 8.78 Å². The van der Waals surface area contributed by atoms with Crippen molar-refractivity contribution in [1.82, 2.24) is 24.6 Å². The first-order valence-electron chi connectivity index (χ1n) is 8.74. The Morgan fingerprint density at radius 2 is 2.04 bits per heavy atom. The Hall–Kier alpha value is -2.74. The van der Waals surface area contributed by atoms with E-state index in [1.165, 1.54) is 12.4 Å². The van der Waals surface area contributed by atoms with Gasteiger partial charge in [-0.2, -0.15) is 13.9 Å². The SMILES string of the molecule is Cc1nn(Cc2ccccc2Cl)c(C)c1C(=O)NCCc1nccn1C(F)F. The highest BCUT2D eigenvalue weighted by Crippen LogP contribution is 2.19. The molecule has 0 bridgehead atoms. The number of aryl methyl sites for hydroxylation is 1. The Labute approximate surface area is 166 Å². The van der Waals surface area contributed by atoms with Gasteiger partial charge in [0.15, 0.2) is 0 Å². The van der Waals surface area contributed by atoms with Gasteiger partial charge in [0.25, 0.3) is 5.91 Å². The van der Waals surface area contributed by atoms with Crippen LogP contribution in [0.3, 0.4) is 0 Å². The van der Waals surface area contributed by atoms with Crippen LogP contribution in [-0.4, -0.2) is 31.8 Å². The number of hydrogen-bond acceptors (Lipinski definition) is 3. The van der Waals surface area contributed by atoms with Crippen LogP contribution in [0, 0.1) is 13.8 Å². The number of imidazole rings is 1. The van der Waals surface area contributed by atoms with Gasteiger partial charge in [0.2, 0.25) is 0 Å². The maximum atomic E-state index is 12.8. The number of amides is 1. The maximum Gasteiger partial charge on any atom is 0.319 e. The Morgan fingerprint density at radius 3 is 2.75 bits per heavy atom. The quantitative estimate of drug-likeness (QED) is 0.648. The van der Waals surface area contributed by atoms with Crippen molar-refractivity contribution in [1.29, 1.82) is 0 Å². The summed E-state index contributed by atoms with van der Waals surface area (Å²) >= 11 is 6.21. The average Bonchev–Trinajstić information content (AvgIpc) is 3.22. The van der Waals surface area contributed by atoms with Crippen LogP contribution >= 0.6 is 11.6 Å². The second-order valence-corrected chi connectivity index (χ2v) is 6.74. The minimum absolute atomic E-state index is 0.192. The summed E-state index contributed by atoms with van der Waals surface area (Å²) in [4.78, 5) is 16.5. The Balaban J connectivity index is 1.68. The molecule has 2 heterocycles. The van der Waals surface area contributed by atoms with Crippen molar-refractivity contribution in [2.24, 2.45) is 0 Å². The van der Waals surface area contributed by atoms with Gasteiger partial charge in [0.1, 0.15) is 5.82 Å². The summed E-state index contributed by atoms with van der Waals surface area (Å²) in [6.07, 6.45) is 2.74. The molecular weight excluding hydrogens is 388 g/mol. The maximum absolute atomic E-state index is 12.8. The van der Waals surface area contributed by atoms with Gasteiger partial charge in [-0.25, -0.2) is 4.98 Å². The van der Waals surface area contributed by atoms with Gasteiger partial charge >= 0.3 is 6.55 Å². The van der Waals surface area contributed by atoms with Crippen LogP contribution < -0.4 is 5.32 Å². The molecule has 1 N–H and O–H groups in total. The highest BCUT2D eigenvalue weighted by molar-refractivity contribution is 6.31. The van der Waals surface area contributed by atoms with Crippen molar-refractivity contribution in [3.05, 3.63) is 70.0 Å². The molecule has 0 aliphatic rings. The van der Waals surface area contributed by atoms with E-state index in [0.29, 0.717) is 28.5 Å². The highest BCUT2D eigenvalue weighted by atomic mass is 35.5. The molecule has 0 aliphatic carbocycles. The van der Waals surface area contributed by atoms with Crippen LogP contribution in [0.25, 0.3) is 0 Å². The number of aromatic nitrogens is 4. The number of benzene rings is 1. The van der Waals surface area contributed by atoms with Gasteiger partial charge in [0.05, 0.1) is 17.8 Å². The molecule has 3 rings (SSSR count). The predicted octanol–water partition coefficient (Wildman–Crippen LogP) is 3.77. The first kappa shape index (κ1) is 20.0. The molecule has 6 nitrogen and oxygen atoms in total. The second kappa shape index (κ2) is 8.52. The molecule has 0 saturated heterocycles. The molecule has 0 spiro atoms. The molecule has 148 valence electrons. The monoisotopic (exact) mass is 407 g/mol. The fourth-order valence-corrected chi connectivity index (χ4v) is 3.25. The third kappa shape index (κ3) is 4.22. The van der Waals surface area contributed by atoms with Gasteiger partial charge in [-0.15, -0.1) is 0 Å². The number of nitrogens with one attached hydrogen (secondary N) is 1. The van der Waals surface area contributed by atoms with Crippen molar-refractivity contribution in [2.75, 3.05) is 6.54 Å². The smallest absolute Gasteiger partial charge is 0.319 e. The summed E-state index contributed by atoms with van der Waals surface area (Å²) in [5.41, 5.74) is 2.69. The Bertz CT molecular complexity index is 983. The molecule has 0 saturated carbocycles. The van der Waals surface area contributed by atoms with Crippen LogP contribution in [0.15, 0.2) is 36.7 Å². The summed E-state index contributed by atoms with van der Waals surface area (Å²) in [6, 6.07) is 7.46. The van der Waals surface area contributed by atoms with Crippen LogP contribution in [0.1, 0.15) is 39.7 Å². The molecule has 0 fully saturated rings. The topological polar surface area (TPSA) is 64.7 Å². The zero-order valence-electron chi connectivity index (χ0n) is 15.5. The molecule has 9 heteroatoms. The highest BCUT2D eigenvalue weighted by Gasteiger charge is 2.19. The molecule has 1 amide bonds. The summed E-state index contributed by atoms with van der Waals surface area (Å²) < 4.78 is 28.2. The van der Waals surface area contributed by atoms with E-state index < -0.39 is 6.55 Å². The van der Waals surface area contributed by atoms with E-state index in [-0.39, 0.29) is 24.7 Å². The minimum atomic E-state index is -2.65. The van der Waals surface area contributed by atoms with Crippen LogP contribution in [0.2, 0.25) is 5.02 Å². The van der Waals surface area contributed by atoms with E-state index in [0.717, 1.165) is 10.1 Å². The fourth-order valence-electron chi connectivity index (χ4n) is 3.06. The van der Waals surface area contributed by atoms with Gasteiger partial charge in [-0.05, 0) is 25.5 Å². The lowest BCUT2D eigenvalue weighted by atomic mass is 10.1. The van der Waals surface area contributed by atoms with Gasteiger partial charge in [-0.3, -0.25) is 14.0 Å². The van der Waals surface area contributed by atoms with Crippen molar-refractivity contribution < 1.29 is 13.6 Å². The Morgan fingerprint density at radius 1 is 1.29 bits per heavy atom. The minimum Gasteiger partial charge on any atom is -0.351 e. The lowest BCUT2D eigenvalue weighted by Crippen LogP contribution is -2.27. The third-order valence-corrected chi connectivity index (χ3v) is 4.85. The van der Waals surface area contributed by atoms with E-state index in [9.17, 15) is 13.6 Å². The largest absolute Gasteiger partial charge is 0.351 e. The van der Waals surface area contributed by atoms with Gasteiger partial charge in [-0.1, -0.05) is 29.8 Å². The number of nitrogens with zero attached hydrogens (tertiary/aromatic N) is 4. The number of carbonyl (C=O) groups is 1. The molecule has 2 aromatic heterocycles. The summed E-state index contributed by atoms with van der Waals surface area (Å²) in [7, 11) is 0. The molecule has 0 radical (unpaired) electrons. The van der Waals surface area contributed by atoms with E-state index in [2.05, 4.69) is 15.4 Å². The molecule has 0 aliphatic heterocycles. The van der Waals surface area contributed by atoms with E-state index in [4.69, 9.17) is 11.6 Å². The summed E-state index contributed by atoms with van der Waals surface area (Å²) in [6.45, 7) is 1.56. The van der Waals surface area contributed by atoms with E-state index in [1.54, 1.807) is 17.7 Å². The van der Waals surface area contributed by atoms with Gasteiger partial charge < -0.3 is 5.32 Å². The van der Waals surface area contributed by atoms with E-state index in [1.807, 2.05) is 25.1 Å². The lowest BCUT2D eigenvalue weighted by Gasteiger charge is -2.09.